The van der Waals surface area contributed by atoms with Crippen molar-refractivity contribution < 1.29 is 9.47 Å². The second kappa shape index (κ2) is 6.51. The second-order valence-corrected chi connectivity index (χ2v) is 9.13. The number of hydrogen-bond acceptors (Lipinski definition) is 6. The maximum absolute atomic E-state index is 5.39. The predicted octanol–water partition coefficient (Wildman–Crippen LogP) is 5.44. The van der Waals surface area contributed by atoms with Crippen LogP contribution < -0.4 is 14.9 Å². The van der Waals surface area contributed by atoms with Gasteiger partial charge in [-0.05, 0) is 48.8 Å². The van der Waals surface area contributed by atoms with Crippen LogP contribution in [0.25, 0.3) is 11.3 Å². The van der Waals surface area contributed by atoms with Gasteiger partial charge in [0.15, 0.2) is 11.5 Å². The van der Waals surface area contributed by atoms with Crippen molar-refractivity contribution in [3.05, 3.63) is 23.6 Å². The average Bonchev–Trinajstić information content (AvgIpc) is 3.28. The standard InChI is InChI=1S/C21H27N3O2S/c1-20(2)14-8-9-21(20,3)18(11-14)23-24-19-22-15(12-27-19)13-6-7-16(25-4)17(10-13)26-5/h6-7,10,12,14H,8-9,11H2,1-5H3,(H,22,24)/b23-18-. The highest BCUT2D eigenvalue weighted by molar-refractivity contribution is 7.14. The summed E-state index contributed by atoms with van der Waals surface area (Å²) in [7, 11) is 3.28. The van der Waals surface area contributed by atoms with Crippen molar-refractivity contribution in [1.29, 1.82) is 0 Å². The Balaban J connectivity index is 1.53. The predicted molar refractivity (Wildman–Crippen MR) is 111 cm³/mol. The molecule has 2 atom stereocenters. The summed E-state index contributed by atoms with van der Waals surface area (Å²) in [5.74, 6) is 2.17. The van der Waals surface area contributed by atoms with Gasteiger partial charge in [0, 0.05) is 22.1 Å². The average molecular weight is 386 g/mol. The van der Waals surface area contributed by atoms with Crippen molar-refractivity contribution in [2.24, 2.45) is 21.8 Å². The number of rotatable bonds is 5. The van der Waals surface area contributed by atoms with Crippen LogP contribution in [0.5, 0.6) is 11.5 Å². The summed E-state index contributed by atoms with van der Waals surface area (Å²) in [5, 5.41) is 7.64. The molecule has 1 aromatic heterocycles. The van der Waals surface area contributed by atoms with Crippen LogP contribution in [0.1, 0.15) is 40.0 Å². The summed E-state index contributed by atoms with van der Waals surface area (Å²) >= 11 is 1.57. The first kappa shape index (κ1) is 18.3. The molecule has 1 N–H and O–H groups in total. The van der Waals surface area contributed by atoms with Gasteiger partial charge < -0.3 is 9.47 Å². The number of hydrogen-bond donors (Lipinski definition) is 1. The van der Waals surface area contributed by atoms with E-state index in [1.54, 1.807) is 25.6 Å². The molecule has 2 aliphatic rings. The van der Waals surface area contributed by atoms with Gasteiger partial charge in [0.1, 0.15) is 0 Å². The summed E-state index contributed by atoms with van der Waals surface area (Å²) in [6.45, 7) is 7.16. The van der Waals surface area contributed by atoms with Crippen molar-refractivity contribution in [3.8, 4) is 22.8 Å². The largest absolute Gasteiger partial charge is 0.493 e. The number of methoxy groups -OCH3 is 2. The Kier molecular flexibility index (Phi) is 4.41. The van der Waals surface area contributed by atoms with E-state index >= 15 is 0 Å². The normalized spacial score (nSPS) is 27.1. The number of thiazole rings is 1. The van der Waals surface area contributed by atoms with Gasteiger partial charge in [-0.3, -0.25) is 5.43 Å². The van der Waals surface area contributed by atoms with Crippen molar-refractivity contribution in [3.63, 3.8) is 0 Å². The third-order valence-electron chi connectivity index (χ3n) is 6.98. The first-order valence-corrected chi connectivity index (χ1v) is 10.3. The Hall–Kier alpha value is -2.08. The second-order valence-electron chi connectivity index (χ2n) is 8.27. The van der Waals surface area contributed by atoms with Gasteiger partial charge in [-0.15, -0.1) is 11.3 Å². The van der Waals surface area contributed by atoms with Crippen molar-refractivity contribution >= 4 is 22.2 Å². The molecule has 2 fully saturated rings. The Morgan fingerprint density at radius 3 is 2.59 bits per heavy atom. The summed E-state index contributed by atoms with van der Waals surface area (Å²) in [5.41, 5.74) is 6.95. The molecular formula is C21H27N3O2S. The van der Waals surface area contributed by atoms with Crippen LogP contribution in [0.4, 0.5) is 5.13 Å². The summed E-state index contributed by atoms with van der Waals surface area (Å²) in [6.07, 6.45) is 3.66. The highest BCUT2D eigenvalue weighted by atomic mass is 32.1. The number of hydrazone groups is 1. The van der Waals surface area contributed by atoms with Gasteiger partial charge >= 0.3 is 0 Å². The number of benzene rings is 1. The van der Waals surface area contributed by atoms with E-state index in [4.69, 9.17) is 19.6 Å². The highest BCUT2D eigenvalue weighted by Gasteiger charge is 2.59. The Morgan fingerprint density at radius 2 is 1.96 bits per heavy atom. The molecule has 4 rings (SSSR count). The number of aromatic nitrogens is 1. The lowest BCUT2D eigenvalue weighted by molar-refractivity contribution is 0.194. The molecule has 0 aliphatic heterocycles. The van der Waals surface area contributed by atoms with Crippen LogP contribution in [0.3, 0.4) is 0 Å². The molecule has 2 unspecified atom stereocenters. The van der Waals surface area contributed by atoms with Crippen LogP contribution >= 0.6 is 11.3 Å². The maximum Gasteiger partial charge on any atom is 0.203 e. The van der Waals surface area contributed by atoms with E-state index in [0.717, 1.165) is 28.7 Å². The lowest BCUT2D eigenvalue weighted by atomic mass is 9.70. The van der Waals surface area contributed by atoms with E-state index in [1.165, 1.54) is 18.6 Å². The Bertz CT molecular complexity index is 889. The SMILES string of the molecule is COc1ccc(-c2csc(N/N=C3/CC4CCC3(C)C4(C)C)n2)cc1OC. The van der Waals surface area contributed by atoms with E-state index in [0.29, 0.717) is 16.9 Å². The third-order valence-corrected chi connectivity index (χ3v) is 7.73. The molecular weight excluding hydrogens is 358 g/mol. The number of fused-ring (bicyclic) bond motifs is 2. The highest BCUT2D eigenvalue weighted by Crippen LogP contribution is 2.63. The summed E-state index contributed by atoms with van der Waals surface area (Å²) < 4.78 is 10.7. The zero-order valence-electron chi connectivity index (χ0n) is 16.6. The maximum atomic E-state index is 5.39. The zero-order valence-corrected chi connectivity index (χ0v) is 17.4. The lowest BCUT2D eigenvalue weighted by Gasteiger charge is -2.34. The van der Waals surface area contributed by atoms with Gasteiger partial charge in [0.25, 0.3) is 0 Å². The first-order chi connectivity index (χ1) is 12.9. The number of nitrogens with one attached hydrogen (secondary N) is 1. The van der Waals surface area contributed by atoms with E-state index in [2.05, 4.69) is 26.2 Å². The smallest absolute Gasteiger partial charge is 0.203 e. The van der Waals surface area contributed by atoms with Gasteiger partial charge in [-0.1, -0.05) is 20.8 Å². The molecule has 6 heteroatoms. The number of ether oxygens (including phenoxy) is 2. The van der Waals surface area contributed by atoms with Gasteiger partial charge in [0.2, 0.25) is 5.13 Å². The molecule has 27 heavy (non-hydrogen) atoms. The molecule has 0 amide bonds. The fraction of sp³-hybridized carbons (Fsp3) is 0.524. The molecule has 2 saturated carbocycles. The Labute approximate surface area is 164 Å². The molecule has 0 radical (unpaired) electrons. The number of nitrogens with zero attached hydrogens (tertiary/aromatic N) is 2. The molecule has 2 bridgehead atoms. The molecule has 5 nitrogen and oxygen atoms in total. The van der Waals surface area contributed by atoms with Crippen LogP contribution in [0.15, 0.2) is 28.7 Å². The molecule has 2 aliphatic carbocycles. The van der Waals surface area contributed by atoms with Crippen molar-refractivity contribution in [2.75, 3.05) is 19.6 Å². The van der Waals surface area contributed by atoms with Crippen LogP contribution in [-0.4, -0.2) is 24.9 Å². The monoisotopic (exact) mass is 385 g/mol. The zero-order chi connectivity index (χ0) is 19.2. The lowest BCUT2D eigenvalue weighted by Crippen LogP contribution is -2.32. The van der Waals surface area contributed by atoms with Crippen molar-refractivity contribution in [1.82, 2.24) is 4.98 Å². The Morgan fingerprint density at radius 1 is 1.19 bits per heavy atom. The third kappa shape index (κ3) is 2.81. The van der Waals surface area contributed by atoms with Gasteiger partial charge in [-0.25, -0.2) is 4.98 Å². The molecule has 1 heterocycles. The van der Waals surface area contributed by atoms with Crippen LogP contribution in [0, 0.1) is 16.7 Å². The number of anilines is 1. The van der Waals surface area contributed by atoms with E-state index in [1.807, 2.05) is 23.6 Å². The van der Waals surface area contributed by atoms with Crippen LogP contribution in [0.2, 0.25) is 0 Å². The van der Waals surface area contributed by atoms with E-state index in [9.17, 15) is 0 Å². The fourth-order valence-electron chi connectivity index (χ4n) is 4.67. The van der Waals surface area contributed by atoms with E-state index in [-0.39, 0.29) is 5.41 Å². The minimum absolute atomic E-state index is 0.202. The molecule has 0 spiro atoms. The quantitative estimate of drug-likeness (QED) is 0.696. The molecule has 0 saturated heterocycles. The topological polar surface area (TPSA) is 55.7 Å². The summed E-state index contributed by atoms with van der Waals surface area (Å²) in [6, 6.07) is 5.84. The fourth-order valence-corrected chi connectivity index (χ4v) is 5.33. The summed E-state index contributed by atoms with van der Waals surface area (Å²) in [4.78, 5) is 4.70. The van der Waals surface area contributed by atoms with Crippen molar-refractivity contribution in [2.45, 2.75) is 40.0 Å². The molecule has 2 aromatic rings. The first-order valence-electron chi connectivity index (χ1n) is 9.40. The van der Waals surface area contributed by atoms with Gasteiger partial charge in [0.05, 0.1) is 19.9 Å². The van der Waals surface area contributed by atoms with Gasteiger partial charge in [-0.2, -0.15) is 5.10 Å². The molecule has 144 valence electrons. The van der Waals surface area contributed by atoms with E-state index < -0.39 is 0 Å². The van der Waals surface area contributed by atoms with Crippen LogP contribution in [-0.2, 0) is 0 Å². The minimum Gasteiger partial charge on any atom is -0.493 e. The molecule has 1 aromatic carbocycles. The minimum atomic E-state index is 0.202.